The largest absolute Gasteiger partial charge is 0.384 e. The van der Waals surface area contributed by atoms with Crippen LogP contribution < -0.4 is 5.73 Å². The van der Waals surface area contributed by atoms with E-state index in [9.17, 15) is 0 Å². The Labute approximate surface area is 54.5 Å². The second kappa shape index (κ2) is 1.76. The molecule has 0 spiro atoms. The topological polar surface area (TPSA) is 43.8 Å². The first-order chi connectivity index (χ1) is 4.13. The predicted molar refractivity (Wildman–Crippen MR) is 37.1 cm³/mol. The van der Waals surface area contributed by atoms with Crippen LogP contribution in [-0.2, 0) is 7.05 Å². The van der Waals surface area contributed by atoms with Crippen LogP contribution in [0.4, 0.5) is 5.82 Å². The van der Waals surface area contributed by atoms with Gasteiger partial charge in [0.15, 0.2) is 0 Å². The van der Waals surface area contributed by atoms with Crippen molar-refractivity contribution >= 4 is 5.82 Å². The standard InChI is InChI=1S/C6H11N3/c1-4-6(7)9(3)5(2)8-4/h7H2,1-3H3. The Morgan fingerprint density at radius 2 is 2.00 bits per heavy atom. The fourth-order valence-corrected chi connectivity index (χ4v) is 0.792. The number of hydrogen-bond acceptors (Lipinski definition) is 2. The summed E-state index contributed by atoms with van der Waals surface area (Å²) in [4.78, 5) is 4.15. The van der Waals surface area contributed by atoms with Gasteiger partial charge in [-0.1, -0.05) is 0 Å². The van der Waals surface area contributed by atoms with Crippen molar-refractivity contribution in [3.63, 3.8) is 0 Å². The first-order valence-corrected chi connectivity index (χ1v) is 2.88. The normalized spacial score (nSPS) is 10.1. The molecule has 0 radical (unpaired) electrons. The number of anilines is 1. The van der Waals surface area contributed by atoms with Crippen LogP contribution in [0.3, 0.4) is 0 Å². The summed E-state index contributed by atoms with van der Waals surface area (Å²) in [5.74, 6) is 1.72. The van der Waals surface area contributed by atoms with Crippen LogP contribution >= 0.6 is 0 Å². The molecule has 3 nitrogen and oxygen atoms in total. The SMILES string of the molecule is Cc1nc(C)n(C)c1N. The number of nitrogens with two attached hydrogens (primary N) is 1. The summed E-state index contributed by atoms with van der Waals surface area (Å²) in [6.07, 6.45) is 0. The van der Waals surface area contributed by atoms with E-state index in [0.717, 1.165) is 17.3 Å². The molecule has 0 saturated carbocycles. The van der Waals surface area contributed by atoms with Crippen molar-refractivity contribution < 1.29 is 0 Å². The molecule has 9 heavy (non-hydrogen) atoms. The van der Waals surface area contributed by atoms with Gasteiger partial charge in [-0.2, -0.15) is 0 Å². The molecule has 0 aliphatic rings. The van der Waals surface area contributed by atoms with Gasteiger partial charge in [0.05, 0.1) is 5.69 Å². The predicted octanol–water partition coefficient (Wildman–Crippen LogP) is 0.619. The zero-order chi connectivity index (χ0) is 7.02. The van der Waals surface area contributed by atoms with Crippen molar-refractivity contribution in [2.24, 2.45) is 7.05 Å². The summed E-state index contributed by atoms with van der Waals surface area (Å²) in [5.41, 5.74) is 6.52. The molecular formula is C6H11N3. The molecule has 1 rings (SSSR count). The molecule has 0 fully saturated rings. The monoisotopic (exact) mass is 125 g/mol. The minimum atomic E-state index is 0.757. The zero-order valence-corrected chi connectivity index (χ0v) is 5.97. The third-order valence-corrected chi connectivity index (χ3v) is 1.55. The van der Waals surface area contributed by atoms with Crippen LogP contribution in [0.1, 0.15) is 11.5 Å². The van der Waals surface area contributed by atoms with Crippen molar-refractivity contribution in [3.8, 4) is 0 Å². The molecule has 0 amide bonds. The summed E-state index contributed by atoms with van der Waals surface area (Å²) in [6.45, 7) is 3.84. The zero-order valence-electron chi connectivity index (χ0n) is 5.97. The molecule has 0 aliphatic heterocycles. The fourth-order valence-electron chi connectivity index (χ4n) is 0.792. The third-order valence-electron chi connectivity index (χ3n) is 1.55. The minimum absolute atomic E-state index is 0.757. The quantitative estimate of drug-likeness (QED) is 0.552. The number of imidazole rings is 1. The summed E-state index contributed by atoms with van der Waals surface area (Å²) < 4.78 is 1.87. The van der Waals surface area contributed by atoms with Gasteiger partial charge in [0.25, 0.3) is 0 Å². The number of aryl methyl sites for hydroxylation is 2. The molecule has 1 aromatic heterocycles. The first-order valence-electron chi connectivity index (χ1n) is 2.88. The van der Waals surface area contributed by atoms with Gasteiger partial charge in [-0.15, -0.1) is 0 Å². The Morgan fingerprint density at radius 3 is 2.11 bits per heavy atom. The second-order valence-corrected chi connectivity index (χ2v) is 2.19. The molecule has 0 saturated heterocycles. The number of aromatic nitrogens is 2. The molecule has 0 aromatic carbocycles. The minimum Gasteiger partial charge on any atom is -0.384 e. The van der Waals surface area contributed by atoms with Gasteiger partial charge in [-0.3, -0.25) is 0 Å². The molecule has 50 valence electrons. The molecule has 1 aromatic rings. The first kappa shape index (κ1) is 6.13. The highest BCUT2D eigenvalue weighted by atomic mass is 15.1. The summed E-state index contributed by atoms with van der Waals surface area (Å²) in [5, 5.41) is 0. The van der Waals surface area contributed by atoms with Gasteiger partial charge in [0, 0.05) is 7.05 Å². The fraction of sp³-hybridized carbons (Fsp3) is 0.500. The van der Waals surface area contributed by atoms with Crippen LogP contribution in [0.2, 0.25) is 0 Å². The van der Waals surface area contributed by atoms with E-state index in [1.165, 1.54) is 0 Å². The van der Waals surface area contributed by atoms with Gasteiger partial charge in [0.1, 0.15) is 11.6 Å². The molecule has 1 heterocycles. The maximum atomic E-state index is 5.60. The van der Waals surface area contributed by atoms with Crippen LogP contribution in [-0.4, -0.2) is 9.55 Å². The van der Waals surface area contributed by atoms with Gasteiger partial charge in [0.2, 0.25) is 0 Å². The van der Waals surface area contributed by atoms with Crippen LogP contribution in [0.15, 0.2) is 0 Å². The van der Waals surface area contributed by atoms with E-state index in [1.807, 2.05) is 25.5 Å². The lowest BCUT2D eigenvalue weighted by atomic mass is 10.5. The van der Waals surface area contributed by atoms with Crippen LogP contribution in [0, 0.1) is 13.8 Å². The van der Waals surface area contributed by atoms with E-state index in [1.54, 1.807) is 0 Å². The molecule has 0 atom stereocenters. The molecule has 0 aliphatic carbocycles. The van der Waals surface area contributed by atoms with E-state index in [2.05, 4.69) is 4.98 Å². The lowest BCUT2D eigenvalue weighted by Gasteiger charge is -1.94. The Balaban J connectivity index is 3.29. The number of rotatable bonds is 0. The average Bonchev–Trinajstić information content (AvgIpc) is 1.98. The Kier molecular flexibility index (Phi) is 1.20. The highest BCUT2D eigenvalue weighted by Gasteiger charge is 2.01. The Hall–Kier alpha value is -0.990. The third kappa shape index (κ3) is 0.781. The number of nitrogens with zero attached hydrogens (tertiary/aromatic N) is 2. The maximum Gasteiger partial charge on any atom is 0.126 e. The van der Waals surface area contributed by atoms with Crippen LogP contribution in [0.5, 0.6) is 0 Å². The van der Waals surface area contributed by atoms with Crippen molar-refractivity contribution in [1.29, 1.82) is 0 Å². The van der Waals surface area contributed by atoms with Gasteiger partial charge in [-0.25, -0.2) is 4.98 Å². The molecule has 2 N–H and O–H groups in total. The Bertz CT molecular complexity index is 202. The number of hydrogen-bond donors (Lipinski definition) is 1. The van der Waals surface area contributed by atoms with E-state index < -0.39 is 0 Å². The van der Waals surface area contributed by atoms with Gasteiger partial charge >= 0.3 is 0 Å². The highest BCUT2D eigenvalue weighted by Crippen LogP contribution is 2.08. The summed E-state index contributed by atoms with van der Waals surface area (Å²) in [6, 6.07) is 0. The smallest absolute Gasteiger partial charge is 0.126 e. The van der Waals surface area contributed by atoms with Crippen molar-refractivity contribution in [2.45, 2.75) is 13.8 Å². The van der Waals surface area contributed by atoms with E-state index in [4.69, 9.17) is 5.73 Å². The summed E-state index contributed by atoms with van der Waals surface area (Å²) >= 11 is 0. The maximum absolute atomic E-state index is 5.60. The molecule has 0 bridgehead atoms. The lowest BCUT2D eigenvalue weighted by molar-refractivity contribution is 0.868. The van der Waals surface area contributed by atoms with Crippen molar-refractivity contribution in [3.05, 3.63) is 11.5 Å². The average molecular weight is 125 g/mol. The van der Waals surface area contributed by atoms with Crippen LogP contribution in [0.25, 0.3) is 0 Å². The van der Waals surface area contributed by atoms with E-state index in [0.29, 0.717) is 0 Å². The van der Waals surface area contributed by atoms with Crippen molar-refractivity contribution in [1.82, 2.24) is 9.55 Å². The Morgan fingerprint density at radius 1 is 1.44 bits per heavy atom. The highest BCUT2D eigenvalue weighted by molar-refractivity contribution is 5.36. The van der Waals surface area contributed by atoms with E-state index >= 15 is 0 Å². The van der Waals surface area contributed by atoms with Crippen molar-refractivity contribution in [2.75, 3.05) is 5.73 Å². The number of nitrogen functional groups attached to an aromatic ring is 1. The lowest BCUT2D eigenvalue weighted by Crippen LogP contribution is -1.97. The van der Waals surface area contributed by atoms with E-state index in [-0.39, 0.29) is 0 Å². The second-order valence-electron chi connectivity index (χ2n) is 2.19. The molecule has 3 heteroatoms. The van der Waals surface area contributed by atoms with Gasteiger partial charge < -0.3 is 10.3 Å². The molecular weight excluding hydrogens is 114 g/mol. The van der Waals surface area contributed by atoms with Gasteiger partial charge in [-0.05, 0) is 13.8 Å². The summed E-state index contributed by atoms with van der Waals surface area (Å²) in [7, 11) is 1.91. The molecule has 0 unspecified atom stereocenters.